The van der Waals surface area contributed by atoms with Crippen LogP contribution in [0.25, 0.3) is 0 Å². The Hall–Kier alpha value is -1.02. The van der Waals surface area contributed by atoms with Crippen LogP contribution in [0.3, 0.4) is 0 Å². The quantitative estimate of drug-likeness (QED) is 0.806. The van der Waals surface area contributed by atoms with Gasteiger partial charge in [-0.05, 0) is 49.4 Å². The second-order valence-electron chi connectivity index (χ2n) is 5.71. The average molecular weight is 247 g/mol. The first kappa shape index (κ1) is 13.4. The Kier molecular flexibility index (Phi) is 3.96. The molecule has 0 saturated heterocycles. The predicted molar refractivity (Wildman–Crippen MR) is 76.0 cm³/mol. The molecule has 1 aliphatic carbocycles. The number of rotatable bonds is 2. The molecule has 0 aromatic heterocycles. The van der Waals surface area contributed by atoms with Gasteiger partial charge in [0.05, 0.1) is 7.11 Å². The van der Waals surface area contributed by atoms with Crippen molar-refractivity contribution >= 4 is 0 Å². The fourth-order valence-electron chi connectivity index (χ4n) is 3.17. The molecule has 0 bridgehead atoms. The van der Waals surface area contributed by atoms with Crippen LogP contribution in [0.4, 0.5) is 0 Å². The van der Waals surface area contributed by atoms with Gasteiger partial charge in [-0.1, -0.05) is 31.7 Å². The normalized spacial score (nSPS) is 19.3. The third kappa shape index (κ3) is 2.54. The first-order chi connectivity index (χ1) is 8.57. The minimum Gasteiger partial charge on any atom is -0.496 e. The molecule has 2 rings (SSSR count). The van der Waals surface area contributed by atoms with Gasteiger partial charge in [-0.2, -0.15) is 0 Å². The molecule has 0 radical (unpaired) electrons. The fourth-order valence-corrected chi connectivity index (χ4v) is 3.17. The maximum absolute atomic E-state index is 6.70. The van der Waals surface area contributed by atoms with E-state index in [2.05, 4.69) is 26.0 Å². The molecule has 0 spiro atoms. The van der Waals surface area contributed by atoms with Gasteiger partial charge >= 0.3 is 0 Å². The highest BCUT2D eigenvalue weighted by atomic mass is 16.5. The first-order valence-corrected chi connectivity index (χ1v) is 7.01. The Morgan fingerprint density at radius 2 is 1.61 bits per heavy atom. The van der Waals surface area contributed by atoms with Gasteiger partial charge in [0.15, 0.2) is 0 Å². The summed E-state index contributed by atoms with van der Waals surface area (Å²) >= 11 is 0. The highest BCUT2D eigenvalue weighted by Crippen LogP contribution is 2.37. The van der Waals surface area contributed by atoms with Crippen molar-refractivity contribution < 1.29 is 4.74 Å². The molecule has 100 valence electrons. The van der Waals surface area contributed by atoms with Crippen molar-refractivity contribution in [2.45, 2.75) is 57.9 Å². The van der Waals surface area contributed by atoms with Crippen molar-refractivity contribution in [1.82, 2.24) is 0 Å². The highest BCUT2D eigenvalue weighted by molar-refractivity contribution is 5.44. The summed E-state index contributed by atoms with van der Waals surface area (Å²) in [6, 6.07) is 4.36. The molecule has 0 unspecified atom stereocenters. The van der Waals surface area contributed by atoms with Crippen molar-refractivity contribution in [2.75, 3.05) is 7.11 Å². The highest BCUT2D eigenvalue weighted by Gasteiger charge is 2.30. The smallest absolute Gasteiger partial charge is 0.122 e. The predicted octanol–water partition coefficient (Wildman–Crippen LogP) is 3.82. The first-order valence-electron chi connectivity index (χ1n) is 7.01. The van der Waals surface area contributed by atoms with E-state index in [0.29, 0.717) is 0 Å². The lowest BCUT2D eigenvalue weighted by molar-refractivity contribution is 0.380. The minimum atomic E-state index is -0.127. The molecule has 0 amide bonds. The van der Waals surface area contributed by atoms with Crippen LogP contribution >= 0.6 is 0 Å². The molecule has 1 aromatic carbocycles. The van der Waals surface area contributed by atoms with E-state index in [0.717, 1.165) is 18.6 Å². The van der Waals surface area contributed by atoms with E-state index < -0.39 is 0 Å². The van der Waals surface area contributed by atoms with Gasteiger partial charge in [-0.25, -0.2) is 0 Å². The SMILES string of the molecule is COc1cc(C)c(C2(N)CCCCCC2)cc1C. The van der Waals surface area contributed by atoms with E-state index in [4.69, 9.17) is 10.5 Å². The van der Waals surface area contributed by atoms with E-state index in [1.54, 1.807) is 7.11 Å². The molecule has 2 N–H and O–H groups in total. The third-order valence-electron chi connectivity index (χ3n) is 4.27. The Morgan fingerprint density at radius 3 is 2.17 bits per heavy atom. The third-order valence-corrected chi connectivity index (χ3v) is 4.27. The van der Waals surface area contributed by atoms with E-state index in [-0.39, 0.29) is 5.54 Å². The summed E-state index contributed by atoms with van der Waals surface area (Å²) in [6.45, 7) is 4.25. The molecule has 0 aliphatic heterocycles. The zero-order valence-corrected chi connectivity index (χ0v) is 11.9. The summed E-state index contributed by atoms with van der Waals surface area (Å²) in [7, 11) is 1.73. The van der Waals surface area contributed by atoms with Crippen molar-refractivity contribution in [1.29, 1.82) is 0 Å². The molecular weight excluding hydrogens is 222 g/mol. The largest absolute Gasteiger partial charge is 0.496 e. The van der Waals surface area contributed by atoms with Crippen LogP contribution in [-0.2, 0) is 5.54 Å². The van der Waals surface area contributed by atoms with Gasteiger partial charge in [-0.3, -0.25) is 0 Å². The molecular formula is C16H25NO. The number of ether oxygens (including phenoxy) is 1. The zero-order valence-electron chi connectivity index (χ0n) is 11.9. The van der Waals surface area contributed by atoms with Crippen molar-refractivity contribution in [3.8, 4) is 5.75 Å². The summed E-state index contributed by atoms with van der Waals surface area (Å²) in [5.74, 6) is 0.966. The van der Waals surface area contributed by atoms with Gasteiger partial charge in [0.1, 0.15) is 5.75 Å². The molecule has 2 heteroatoms. The standard InChI is InChI=1S/C16H25NO/c1-12-11-15(18-3)13(2)10-14(12)16(17)8-6-4-5-7-9-16/h10-11H,4-9,17H2,1-3H3. The Balaban J connectivity index is 2.39. The Morgan fingerprint density at radius 1 is 1.00 bits per heavy atom. The summed E-state index contributed by atoms with van der Waals surface area (Å²) in [5.41, 5.74) is 10.3. The zero-order chi connectivity index (χ0) is 13.2. The van der Waals surface area contributed by atoms with Gasteiger partial charge in [0, 0.05) is 5.54 Å². The van der Waals surface area contributed by atoms with E-state index in [9.17, 15) is 0 Å². The monoisotopic (exact) mass is 247 g/mol. The summed E-state index contributed by atoms with van der Waals surface area (Å²) < 4.78 is 5.38. The van der Waals surface area contributed by atoms with Gasteiger partial charge in [0.2, 0.25) is 0 Å². The molecule has 1 fully saturated rings. The molecule has 1 aromatic rings. The molecule has 18 heavy (non-hydrogen) atoms. The van der Waals surface area contributed by atoms with Crippen LogP contribution in [0.2, 0.25) is 0 Å². The van der Waals surface area contributed by atoms with E-state index in [1.807, 2.05) is 0 Å². The Bertz CT molecular complexity index is 417. The van der Waals surface area contributed by atoms with Gasteiger partial charge in [0.25, 0.3) is 0 Å². The van der Waals surface area contributed by atoms with Crippen molar-refractivity contribution in [2.24, 2.45) is 5.73 Å². The van der Waals surface area contributed by atoms with E-state index in [1.165, 1.54) is 42.4 Å². The van der Waals surface area contributed by atoms with Crippen LogP contribution in [0, 0.1) is 13.8 Å². The van der Waals surface area contributed by atoms with Crippen molar-refractivity contribution in [3.63, 3.8) is 0 Å². The molecule has 0 atom stereocenters. The van der Waals surface area contributed by atoms with Gasteiger partial charge < -0.3 is 10.5 Å². The number of hydrogen-bond donors (Lipinski definition) is 1. The average Bonchev–Trinajstić information content (AvgIpc) is 2.57. The van der Waals surface area contributed by atoms with Crippen LogP contribution < -0.4 is 10.5 Å². The van der Waals surface area contributed by atoms with Crippen molar-refractivity contribution in [3.05, 3.63) is 28.8 Å². The van der Waals surface area contributed by atoms with Crippen LogP contribution in [0.15, 0.2) is 12.1 Å². The van der Waals surface area contributed by atoms with Crippen LogP contribution in [0.5, 0.6) is 5.75 Å². The number of methoxy groups -OCH3 is 1. The summed E-state index contributed by atoms with van der Waals surface area (Å²) in [5, 5.41) is 0. The summed E-state index contributed by atoms with van der Waals surface area (Å²) in [6.07, 6.45) is 7.38. The topological polar surface area (TPSA) is 35.2 Å². The number of aryl methyl sites for hydroxylation is 2. The van der Waals surface area contributed by atoms with E-state index >= 15 is 0 Å². The molecule has 0 heterocycles. The lowest BCUT2D eigenvalue weighted by atomic mass is 9.81. The Labute approximate surface area is 111 Å². The lowest BCUT2D eigenvalue weighted by Crippen LogP contribution is -2.36. The fraction of sp³-hybridized carbons (Fsp3) is 0.625. The van der Waals surface area contributed by atoms with Crippen LogP contribution in [-0.4, -0.2) is 7.11 Å². The molecule has 2 nitrogen and oxygen atoms in total. The second-order valence-corrected chi connectivity index (χ2v) is 5.71. The maximum Gasteiger partial charge on any atom is 0.122 e. The second kappa shape index (κ2) is 5.31. The minimum absolute atomic E-state index is 0.127. The summed E-state index contributed by atoms with van der Waals surface area (Å²) in [4.78, 5) is 0. The number of benzene rings is 1. The van der Waals surface area contributed by atoms with Gasteiger partial charge in [-0.15, -0.1) is 0 Å². The lowest BCUT2D eigenvalue weighted by Gasteiger charge is -2.31. The number of nitrogens with two attached hydrogens (primary N) is 1. The van der Waals surface area contributed by atoms with Crippen LogP contribution in [0.1, 0.15) is 55.2 Å². The maximum atomic E-state index is 6.70. The molecule has 1 aliphatic rings. The molecule has 1 saturated carbocycles. The number of hydrogen-bond acceptors (Lipinski definition) is 2.